The zero-order valence-electron chi connectivity index (χ0n) is 8.82. The van der Waals surface area contributed by atoms with Gasteiger partial charge in [-0.3, -0.25) is 4.90 Å². The second-order valence-electron chi connectivity index (χ2n) is 4.25. The second-order valence-corrected chi connectivity index (χ2v) is 4.69. The lowest BCUT2D eigenvalue weighted by Crippen LogP contribution is -2.22. The van der Waals surface area contributed by atoms with Gasteiger partial charge in [-0.1, -0.05) is 23.7 Å². The molecule has 1 aliphatic heterocycles. The van der Waals surface area contributed by atoms with Gasteiger partial charge < -0.3 is 5.73 Å². The summed E-state index contributed by atoms with van der Waals surface area (Å²) in [7, 11) is 0. The van der Waals surface area contributed by atoms with E-state index in [2.05, 4.69) is 17.0 Å². The summed E-state index contributed by atoms with van der Waals surface area (Å²) in [5.74, 6) is 0.692. The van der Waals surface area contributed by atoms with Crippen LogP contribution in [0.3, 0.4) is 0 Å². The van der Waals surface area contributed by atoms with Gasteiger partial charge >= 0.3 is 0 Å². The summed E-state index contributed by atoms with van der Waals surface area (Å²) in [6, 6.07) is 8.09. The molecule has 1 heterocycles. The number of benzene rings is 1. The Morgan fingerprint density at radius 3 is 2.67 bits per heavy atom. The summed E-state index contributed by atoms with van der Waals surface area (Å²) in [6.07, 6.45) is 1.24. The predicted octanol–water partition coefficient (Wildman–Crippen LogP) is 2.12. The highest BCUT2D eigenvalue weighted by atomic mass is 35.5. The quantitative estimate of drug-likeness (QED) is 0.853. The summed E-state index contributed by atoms with van der Waals surface area (Å²) in [4.78, 5) is 2.46. The molecule has 0 radical (unpaired) electrons. The molecule has 2 N–H and O–H groups in total. The number of halogens is 1. The first-order chi connectivity index (χ1) is 7.28. The fraction of sp³-hybridized carbons (Fsp3) is 0.500. The Hall–Kier alpha value is -0.570. The van der Waals surface area contributed by atoms with Crippen molar-refractivity contribution in [3.63, 3.8) is 0 Å². The van der Waals surface area contributed by atoms with E-state index in [1.54, 1.807) is 0 Å². The monoisotopic (exact) mass is 224 g/mol. The maximum absolute atomic E-state index is 5.84. The predicted molar refractivity (Wildman–Crippen MR) is 63.9 cm³/mol. The van der Waals surface area contributed by atoms with Gasteiger partial charge in [0.1, 0.15) is 0 Å². The molecule has 1 aromatic carbocycles. The number of nitrogens with two attached hydrogens (primary N) is 1. The highest BCUT2D eigenvalue weighted by Gasteiger charge is 2.20. The van der Waals surface area contributed by atoms with Crippen LogP contribution in [-0.2, 0) is 6.54 Å². The van der Waals surface area contributed by atoms with Crippen molar-refractivity contribution in [2.75, 3.05) is 19.6 Å². The molecular weight excluding hydrogens is 208 g/mol. The van der Waals surface area contributed by atoms with Crippen LogP contribution in [-0.4, -0.2) is 24.5 Å². The summed E-state index contributed by atoms with van der Waals surface area (Å²) >= 11 is 5.84. The molecule has 1 fully saturated rings. The largest absolute Gasteiger partial charge is 0.330 e. The molecule has 2 nitrogen and oxygen atoms in total. The molecular formula is C12H17ClN2. The molecule has 3 heteroatoms. The maximum Gasteiger partial charge on any atom is 0.0406 e. The van der Waals surface area contributed by atoms with Gasteiger partial charge in [0.25, 0.3) is 0 Å². The number of nitrogens with zero attached hydrogens (tertiary/aromatic N) is 1. The summed E-state index contributed by atoms with van der Waals surface area (Å²) in [5.41, 5.74) is 7.00. The minimum absolute atomic E-state index is 0.692. The van der Waals surface area contributed by atoms with Crippen molar-refractivity contribution in [2.24, 2.45) is 11.7 Å². The first-order valence-electron chi connectivity index (χ1n) is 5.45. The minimum Gasteiger partial charge on any atom is -0.330 e. The van der Waals surface area contributed by atoms with Gasteiger partial charge in [0.2, 0.25) is 0 Å². The zero-order chi connectivity index (χ0) is 10.7. The van der Waals surface area contributed by atoms with Crippen LogP contribution < -0.4 is 5.73 Å². The van der Waals surface area contributed by atoms with Crippen LogP contribution in [0, 0.1) is 5.92 Å². The van der Waals surface area contributed by atoms with E-state index in [0.29, 0.717) is 5.92 Å². The van der Waals surface area contributed by atoms with Crippen molar-refractivity contribution < 1.29 is 0 Å². The van der Waals surface area contributed by atoms with Crippen LogP contribution in [0.5, 0.6) is 0 Å². The van der Waals surface area contributed by atoms with Crippen LogP contribution in [0.4, 0.5) is 0 Å². The first kappa shape index (κ1) is 10.9. The van der Waals surface area contributed by atoms with E-state index in [1.165, 1.54) is 18.5 Å². The molecule has 1 aliphatic rings. The Morgan fingerprint density at radius 2 is 2.07 bits per heavy atom. The standard InChI is InChI=1S/C12H17ClN2/c13-12-3-1-10(2-4-12)8-15-6-5-11(7-14)9-15/h1-4,11H,5-9,14H2. The van der Waals surface area contributed by atoms with E-state index in [9.17, 15) is 0 Å². The third-order valence-electron chi connectivity index (χ3n) is 3.02. The molecule has 0 spiro atoms. The third-order valence-corrected chi connectivity index (χ3v) is 3.27. The molecule has 2 rings (SSSR count). The summed E-state index contributed by atoms with van der Waals surface area (Å²) in [6.45, 7) is 4.15. The Balaban J connectivity index is 1.90. The fourth-order valence-corrected chi connectivity index (χ4v) is 2.22. The van der Waals surface area contributed by atoms with E-state index in [4.69, 9.17) is 17.3 Å². The van der Waals surface area contributed by atoms with Crippen LogP contribution >= 0.6 is 11.6 Å². The van der Waals surface area contributed by atoms with Gasteiger partial charge in [0, 0.05) is 18.1 Å². The molecule has 0 aliphatic carbocycles. The van der Waals surface area contributed by atoms with Crippen molar-refractivity contribution in [2.45, 2.75) is 13.0 Å². The SMILES string of the molecule is NCC1CCN(Cc2ccc(Cl)cc2)C1. The van der Waals surface area contributed by atoms with Gasteiger partial charge in [-0.25, -0.2) is 0 Å². The van der Waals surface area contributed by atoms with E-state index in [1.807, 2.05) is 12.1 Å². The van der Waals surface area contributed by atoms with E-state index >= 15 is 0 Å². The fourth-order valence-electron chi connectivity index (χ4n) is 2.10. The molecule has 1 atom stereocenters. The zero-order valence-corrected chi connectivity index (χ0v) is 9.58. The van der Waals surface area contributed by atoms with E-state index < -0.39 is 0 Å². The van der Waals surface area contributed by atoms with Crippen LogP contribution in [0.1, 0.15) is 12.0 Å². The molecule has 1 saturated heterocycles. The van der Waals surface area contributed by atoms with Crippen molar-refractivity contribution in [3.8, 4) is 0 Å². The van der Waals surface area contributed by atoms with Gasteiger partial charge in [0.05, 0.1) is 0 Å². The smallest absolute Gasteiger partial charge is 0.0406 e. The highest BCUT2D eigenvalue weighted by molar-refractivity contribution is 6.30. The lowest BCUT2D eigenvalue weighted by molar-refractivity contribution is 0.318. The molecule has 82 valence electrons. The average Bonchev–Trinajstić information content (AvgIpc) is 2.69. The van der Waals surface area contributed by atoms with E-state index in [0.717, 1.165) is 24.7 Å². The third kappa shape index (κ3) is 2.94. The lowest BCUT2D eigenvalue weighted by atomic mass is 10.1. The van der Waals surface area contributed by atoms with Crippen molar-refractivity contribution in [3.05, 3.63) is 34.9 Å². The molecule has 0 saturated carbocycles. The van der Waals surface area contributed by atoms with Gasteiger partial charge in [-0.05, 0) is 43.1 Å². The van der Waals surface area contributed by atoms with Crippen molar-refractivity contribution in [1.29, 1.82) is 0 Å². The lowest BCUT2D eigenvalue weighted by Gasteiger charge is -2.15. The van der Waals surface area contributed by atoms with E-state index in [-0.39, 0.29) is 0 Å². The topological polar surface area (TPSA) is 29.3 Å². The number of rotatable bonds is 3. The molecule has 0 amide bonds. The summed E-state index contributed by atoms with van der Waals surface area (Å²) < 4.78 is 0. The average molecular weight is 225 g/mol. The molecule has 0 bridgehead atoms. The number of likely N-dealkylation sites (tertiary alicyclic amines) is 1. The minimum atomic E-state index is 0.692. The van der Waals surface area contributed by atoms with Gasteiger partial charge in [-0.2, -0.15) is 0 Å². The van der Waals surface area contributed by atoms with Gasteiger partial charge in [0.15, 0.2) is 0 Å². The van der Waals surface area contributed by atoms with Crippen molar-refractivity contribution in [1.82, 2.24) is 4.90 Å². The molecule has 1 aromatic rings. The van der Waals surface area contributed by atoms with Crippen LogP contribution in [0.25, 0.3) is 0 Å². The molecule has 1 unspecified atom stereocenters. The first-order valence-corrected chi connectivity index (χ1v) is 5.82. The molecule has 15 heavy (non-hydrogen) atoms. The Bertz CT molecular complexity index is 310. The van der Waals surface area contributed by atoms with Gasteiger partial charge in [-0.15, -0.1) is 0 Å². The van der Waals surface area contributed by atoms with Crippen LogP contribution in [0.15, 0.2) is 24.3 Å². The van der Waals surface area contributed by atoms with Crippen LogP contribution in [0.2, 0.25) is 5.02 Å². The van der Waals surface area contributed by atoms with Crippen molar-refractivity contribution >= 4 is 11.6 Å². The summed E-state index contributed by atoms with van der Waals surface area (Å²) in [5, 5.41) is 0.806. The highest BCUT2D eigenvalue weighted by Crippen LogP contribution is 2.18. The maximum atomic E-state index is 5.84. The Kier molecular flexibility index (Phi) is 3.62. The molecule has 0 aromatic heterocycles. The Morgan fingerprint density at radius 1 is 1.33 bits per heavy atom. The number of hydrogen-bond acceptors (Lipinski definition) is 2. The normalized spacial score (nSPS) is 22.1. The second kappa shape index (κ2) is 4.97. The number of hydrogen-bond donors (Lipinski definition) is 1. The Labute approximate surface area is 96.0 Å².